The number of carbonyl (C=O) groups excluding carboxylic acids is 2. The van der Waals surface area contributed by atoms with E-state index < -0.39 is 0 Å². The van der Waals surface area contributed by atoms with E-state index in [2.05, 4.69) is 26.1 Å². The van der Waals surface area contributed by atoms with Gasteiger partial charge in [-0.25, -0.2) is 0 Å². The second-order valence-corrected chi connectivity index (χ2v) is 7.73. The molecule has 134 valence electrons. The molecule has 0 saturated heterocycles. The summed E-state index contributed by atoms with van der Waals surface area (Å²) in [5.41, 5.74) is 0. The number of ether oxygens (including phenoxy) is 1. The summed E-state index contributed by atoms with van der Waals surface area (Å²) in [5, 5.41) is 3.12. The minimum Gasteiger partial charge on any atom is -0.462 e. The first-order chi connectivity index (χ1) is 10.8. The van der Waals surface area contributed by atoms with E-state index >= 15 is 0 Å². The van der Waals surface area contributed by atoms with Crippen molar-refractivity contribution in [2.45, 2.75) is 79.4 Å². The lowest BCUT2D eigenvalue weighted by atomic mass is 9.68. The van der Waals surface area contributed by atoms with Gasteiger partial charge < -0.3 is 4.74 Å². The van der Waals surface area contributed by atoms with Crippen LogP contribution in [0.2, 0.25) is 0 Å². The summed E-state index contributed by atoms with van der Waals surface area (Å²) in [4.78, 5) is 24.7. The summed E-state index contributed by atoms with van der Waals surface area (Å²) in [7, 11) is 0. The van der Waals surface area contributed by atoms with E-state index in [4.69, 9.17) is 4.74 Å². The third kappa shape index (κ3) is 6.25. The maximum Gasteiger partial charge on any atom is 0.323 e. The predicted octanol–water partition coefficient (Wildman–Crippen LogP) is 3.58. The van der Waals surface area contributed by atoms with Gasteiger partial charge in [-0.05, 0) is 50.9 Å². The van der Waals surface area contributed by atoms with Crippen molar-refractivity contribution in [3.63, 3.8) is 0 Å². The molecule has 0 bridgehead atoms. The first kappa shape index (κ1) is 20.1. The summed E-state index contributed by atoms with van der Waals surface area (Å²) in [6, 6.07) is -0.389. The quantitative estimate of drug-likeness (QED) is 0.693. The molecule has 1 saturated carbocycles. The fourth-order valence-electron chi connectivity index (χ4n) is 3.64. The van der Waals surface area contributed by atoms with Crippen LogP contribution in [0, 0.1) is 23.7 Å². The van der Waals surface area contributed by atoms with Gasteiger partial charge >= 0.3 is 5.97 Å². The smallest absolute Gasteiger partial charge is 0.323 e. The molecule has 0 aliphatic heterocycles. The zero-order valence-corrected chi connectivity index (χ0v) is 15.7. The van der Waals surface area contributed by atoms with Gasteiger partial charge in [-0.3, -0.25) is 14.9 Å². The normalized spacial score (nSPS) is 26.3. The minimum atomic E-state index is -0.389. The molecule has 0 aromatic carbocycles. The molecule has 0 amide bonds. The Morgan fingerprint density at radius 3 is 2.35 bits per heavy atom. The highest BCUT2D eigenvalue weighted by Gasteiger charge is 2.35. The first-order valence-electron chi connectivity index (χ1n) is 9.22. The largest absolute Gasteiger partial charge is 0.462 e. The van der Waals surface area contributed by atoms with E-state index in [1.54, 1.807) is 0 Å². The Labute approximate surface area is 141 Å². The number of hydrogen-bond acceptors (Lipinski definition) is 4. The Bertz CT molecular complexity index is 392. The van der Waals surface area contributed by atoms with Crippen LogP contribution < -0.4 is 5.32 Å². The first-order valence-corrected chi connectivity index (χ1v) is 9.22. The zero-order valence-electron chi connectivity index (χ0n) is 15.7. The molecule has 0 unspecified atom stereocenters. The van der Waals surface area contributed by atoms with Crippen LogP contribution in [0.1, 0.15) is 67.2 Å². The number of ketones is 1. The van der Waals surface area contributed by atoms with Crippen molar-refractivity contribution >= 4 is 11.8 Å². The SMILES string of the molecule is CC[C@@H](NCC(=O)[C@@H]1C[C@H](C)CC[C@H]1C(C)C)C(=O)OC(C)C. The summed E-state index contributed by atoms with van der Waals surface area (Å²) < 4.78 is 5.24. The maximum absolute atomic E-state index is 12.7. The monoisotopic (exact) mass is 325 g/mol. The molecular weight excluding hydrogens is 290 g/mol. The molecule has 0 aromatic heterocycles. The molecule has 23 heavy (non-hydrogen) atoms. The third-order valence-electron chi connectivity index (χ3n) is 5.00. The lowest BCUT2D eigenvalue weighted by Crippen LogP contribution is -2.44. The molecule has 1 rings (SSSR count). The summed E-state index contributed by atoms with van der Waals surface area (Å²) in [6.45, 7) is 12.5. The fourth-order valence-corrected chi connectivity index (χ4v) is 3.64. The minimum absolute atomic E-state index is 0.126. The Hall–Kier alpha value is -0.900. The van der Waals surface area contributed by atoms with Crippen LogP contribution >= 0.6 is 0 Å². The van der Waals surface area contributed by atoms with E-state index in [1.165, 1.54) is 6.42 Å². The molecule has 0 spiro atoms. The summed E-state index contributed by atoms with van der Waals surface area (Å²) in [5.74, 6) is 1.75. The van der Waals surface area contributed by atoms with Crippen LogP contribution in [0.5, 0.6) is 0 Å². The number of rotatable bonds is 8. The van der Waals surface area contributed by atoms with Crippen molar-refractivity contribution in [2.75, 3.05) is 6.54 Å². The van der Waals surface area contributed by atoms with Crippen molar-refractivity contribution in [3.8, 4) is 0 Å². The highest BCUT2D eigenvalue weighted by atomic mass is 16.5. The topological polar surface area (TPSA) is 55.4 Å². The van der Waals surface area contributed by atoms with E-state index in [-0.39, 0.29) is 36.4 Å². The van der Waals surface area contributed by atoms with Gasteiger partial charge in [0.25, 0.3) is 0 Å². The molecular formula is C19H35NO3. The van der Waals surface area contributed by atoms with E-state index in [0.717, 1.165) is 12.8 Å². The number of hydrogen-bond donors (Lipinski definition) is 1. The molecule has 4 nitrogen and oxygen atoms in total. The highest BCUT2D eigenvalue weighted by molar-refractivity contribution is 5.84. The second kappa shape index (κ2) is 9.41. The average molecular weight is 325 g/mol. The van der Waals surface area contributed by atoms with E-state index in [0.29, 0.717) is 24.2 Å². The lowest BCUT2D eigenvalue weighted by Gasteiger charge is -2.36. The molecule has 1 N–H and O–H groups in total. The van der Waals surface area contributed by atoms with Gasteiger partial charge in [-0.1, -0.05) is 34.1 Å². The Morgan fingerprint density at radius 2 is 1.83 bits per heavy atom. The zero-order chi connectivity index (χ0) is 17.6. The third-order valence-corrected chi connectivity index (χ3v) is 5.00. The number of esters is 1. The van der Waals surface area contributed by atoms with Crippen molar-refractivity contribution in [1.82, 2.24) is 5.32 Å². The summed E-state index contributed by atoms with van der Waals surface area (Å²) in [6.07, 6.45) is 3.85. The Kier molecular flexibility index (Phi) is 8.24. The molecule has 1 aliphatic carbocycles. The number of Topliss-reactive ketones (excluding diaryl/α,β-unsaturated/α-hetero) is 1. The molecule has 0 heterocycles. The van der Waals surface area contributed by atoms with Crippen LogP contribution in [0.4, 0.5) is 0 Å². The van der Waals surface area contributed by atoms with Gasteiger partial charge in [0.2, 0.25) is 0 Å². The summed E-state index contributed by atoms with van der Waals surface area (Å²) >= 11 is 0. The fraction of sp³-hybridized carbons (Fsp3) is 0.895. The molecule has 0 radical (unpaired) electrons. The van der Waals surface area contributed by atoms with Crippen molar-refractivity contribution < 1.29 is 14.3 Å². The van der Waals surface area contributed by atoms with E-state index in [1.807, 2.05) is 20.8 Å². The average Bonchev–Trinajstić information content (AvgIpc) is 2.46. The Balaban J connectivity index is 2.60. The van der Waals surface area contributed by atoms with Gasteiger partial charge in [0.05, 0.1) is 12.6 Å². The highest BCUT2D eigenvalue weighted by Crippen LogP contribution is 2.38. The lowest BCUT2D eigenvalue weighted by molar-refractivity contribution is -0.150. The number of carbonyl (C=O) groups is 2. The van der Waals surface area contributed by atoms with Gasteiger partial charge in [0.15, 0.2) is 0 Å². The van der Waals surface area contributed by atoms with Crippen molar-refractivity contribution in [1.29, 1.82) is 0 Å². The molecule has 1 aliphatic rings. The van der Waals surface area contributed by atoms with Gasteiger partial charge in [-0.2, -0.15) is 0 Å². The van der Waals surface area contributed by atoms with Crippen molar-refractivity contribution in [3.05, 3.63) is 0 Å². The van der Waals surface area contributed by atoms with Crippen LogP contribution in [0.25, 0.3) is 0 Å². The Morgan fingerprint density at radius 1 is 1.17 bits per heavy atom. The van der Waals surface area contributed by atoms with Gasteiger partial charge in [0.1, 0.15) is 11.8 Å². The number of nitrogens with one attached hydrogen (secondary N) is 1. The molecule has 1 fully saturated rings. The second-order valence-electron chi connectivity index (χ2n) is 7.73. The van der Waals surface area contributed by atoms with E-state index in [9.17, 15) is 9.59 Å². The predicted molar refractivity (Wildman–Crippen MR) is 93.1 cm³/mol. The van der Waals surface area contributed by atoms with Crippen LogP contribution in [0.15, 0.2) is 0 Å². The van der Waals surface area contributed by atoms with Crippen molar-refractivity contribution in [2.24, 2.45) is 23.7 Å². The van der Waals surface area contributed by atoms with Crippen LogP contribution in [0.3, 0.4) is 0 Å². The van der Waals surface area contributed by atoms with Gasteiger partial charge in [0, 0.05) is 5.92 Å². The molecule has 0 aromatic rings. The van der Waals surface area contributed by atoms with Crippen LogP contribution in [-0.2, 0) is 14.3 Å². The molecule has 4 heteroatoms. The molecule has 4 atom stereocenters. The van der Waals surface area contributed by atoms with Crippen LogP contribution in [-0.4, -0.2) is 30.4 Å². The maximum atomic E-state index is 12.7. The standard InChI is InChI=1S/C19H35NO3/c1-7-17(19(22)23-13(4)5)20-11-18(21)16-10-14(6)8-9-15(16)12(2)3/h12-17,20H,7-11H2,1-6H3/t14-,15+,16-,17-/m1/s1. The van der Waals surface area contributed by atoms with Gasteiger partial charge in [-0.15, -0.1) is 0 Å².